The molecule has 126 valence electrons. The number of pyridine rings is 1. The van der Waals surface area contributed by atoms with E-state index in [4.69, 9.17) is 0 Å². The van der Waals surface area contributed by atoms with Crippen molar-refractivity contribution in [2.24, 2.45) is 0 Å². The summed E-state index contributed by atoms with van der Waals surface area (Å²) in [4.78, 5) is 38.8. The molecule has 0 aliphatic rings. The molecule has 3 aromatic rings. The highest BCUT2D eigenvalue weighted by molar-refractivity contribution is 5.94. The highest BCUT2D eigenvalue weighted by atomic mass is 16.3. The van der Waals surface area contributed by atoms with Gasteiger partial charge in [-0.25, -0.2) is 5.10 Å². The number of carbonyl (C=O) groups is 1. The molecule has 0 saturated carbocycles. The van der Waals surface area contributed by atoms with Gasteiger partial charge in [-0.2, -0.15) is 5.10 Å². The number of hydrogen-bond acceptors (Lipinski definition) is 5. The molecule has 0 spiro atoms. The highest BCUT2D eigenvalue weighted by Crippen LogP contribution is 2.11. The average Bonchev–Trinajstić information content (AvgIpc) is 2.62. The van der Waals surface area contributed by atoms with Crippen LogP contribution in [0.25, 0.3) is 11.3 Å². The van der Waals surface area contributed by atoms with Crippen LogP contribution in [0, 0.1) is 0 Å². The molecule has 0 aliphatic carbocycles. The van der Waals surface area contributed by atoms with E-state index in [1.165, 1.54) is 36.7 Å². The summed E-state index contributed by atoms with van der Waals surface area (Å²) in [5.41, 5.74) is 0.110. The Bertz CT molecular complexity index is 1020. The van der Waals surface area contributed by atoms with Crippen LogP contribution in [0.4, 0.5) is 0 Å². The van der Waals surface area contributed by atoms with Gasteiger partial charge in [-0.3, -0.25) is 14.4 Å². The zero-order valence-electron chi connectivity index (χ0n) is 12.9. The smallest absolute Gasteiger partial charge is 0.277 e. The van der Waals surface area contributed by atoms with Crippen LogP contribution >= 0.6 is 0 Å². The van der Waals surface area contributed by atoms with Crippen LogP contribution in [-0.2, 0) is 6.54 Å². The van der Waals surface area contributed by atoms with Crippen molar-refractivity contribution < 1.29 is 9.90 Å². The Kier molecular flexibility index (Phi) is 4.42. The van der Waals surface area contributed by atoms with E-state index in [1.807, 2.05) is 0 Å². The number of benzene rings is 1. The Balaban J connectivity index is 1.84. The van der Waals surface area contributed by atoms with Crippen molar-refractivity contribution in [1.29, 1.82) is 0 Å². The van der Waals surface area contributed by atoms with E-state index >= 15 is 0 Å². The van der Waals surface area contributed by atoms with Crippen LogP contribution in [0.5, 0.6) is 5.75 Å². The topological polar surface area (TPSA) is 128 Å². The number of H-pyrrole nitrogens is 2. The summed E-state index contributed by atoms with van der Waals surface area (Å²) < 4.78 is 0. The van der Waals surface area contributed by atoms with Gasteiger partial charge in [0, 0.05) is 25.0 Å². The lowest BCUT2D eigenvalue weighted by molar-refractivity contribution is 0.0949. The van der Waals surface area contributed by atoms with Crippen molar-refractivity contribution >= 4 is 5.91 Å². The van der Waals surface area contributed by atoms with Crippen molar-refractivity contribution in [3.63, 3.8) is 0 Å². The largest absolute Gasteiger partial charge is 0.508 e. The molecule has 0 atom stereocenters. The SMILES string of the molecule is O=C(NCc1ccc(O)cc1)c1cc(-c2c[nH]ccc2=O)n[nH]c1=O. The molecule has 0 radical (unpaired) electrons. The van der Waals surface area contributed by atoms with Crippen LogP contribution in [0.3, 0.4) is 0 Å². The number of carbonyl (C=O) groups excluding carboxylic acids is 1. The summed E-state index contributed by atoms with van der Waals surface area (Å²) in [7, 11) is 0. The molecular formula is C17H14N4O4. The average molecular weight is 338 g/mol. The summed E-state index contributed by atoms with van der Waals surface area (Å²) in [6, 6.07) is 8.91. The van der Waals surface area contributed by atoms with E-state index in [1.54, 1.807) is 12.1 Å². The van der Waals surface area contributed by atoms with Crippen LogP contribution in [0.15, 0.2) is 58.4 Å². The van der Waals surface area contributed by atoms with Gasteiger partial charge in [-0.1, -0.05) is 12.1 Å². The lowest BCUT2D eigenvalue weighted by Crippen LogP contribution is -2.30. The molecule has 2 heterocycles. The number of aromatic amines is 2. The monoisotopic (exact) mass is 338 g/mol. The quantitative estimate of drug-likeness (QED) is 0.558. The van der Waals surface area contributed by atoms with E-state index in [9.17, 15) is 19.5 Å². The standard InChI is InChI=1S/C17H14N4O4/c22-11-3-1-10(2-4-11)8-19-16(24)12-7-14(20-21-17(12)25)13-9-18-6-5-15(13)23/h1-7,9,22H,8H2,(H,18,23)(H,19,24)(H,21,25). The van der Waals surface area contributed by atoms with Gasteiger partial charge >= 0.3 is 0 Å². The molecule has 8 nitrogen and oxygen atoms in total. The summed E-state index contributed by atoms with van der Waals surface area (Å²) in [5, 5.41) is 17.9. The molecule has 0 saturated heterocycles. The maximum atomic E-state index is 12.3. The Morgan fingerprint density at radius 2 is 1.92 bits per heavy atom. The van der Waals surface area contributed by atoms with E-state index in [0.717, 1.165) is 5.56 Å². The van der Waals surface area contributed by atoms with Crippen LogP contribution in [0.1, 0.15) is 15.9 Å². The number of phenolic OH excluding ortho intramolecular Hbond substituents is 1. The summed E-state index contributed by atoms with van der Waals surface area (Å²) in [6.45, 7) is 0.183. The fraction of sp³-hybridized carbons (Fsp3) is 0.0588. The number of amides is 1. The third-order valence-corrected chi connectivity index (χ3v) is 3.54. The summed E-state index contributed by atoms with van der Waals surface area (Å²) in [6.07, 6.45) is 2.92. The fourth-order valence-electron chi connectivity index (χ4n) is 2.22. The molecular weight excluding hydrogens is 324 g/mol. The molecule has 25 heavy (non-hydrogen) atoms. The first kappa shape index (κ1) is 16.2. The molecule has 4 N–H and O–H groups in total. The van der Waals surface area contributed by atoms with Crippen LogP contribution < -0.4 is 16.3 Å². The lowest BCUT2D eigenvalue weighted by Gasteiger charge is -2.06. The number of hydrogen-bond donors (Lipinski definition) is 4. The predicted octanol–water partition coefficient (Wildman–Crippen LogP) is 0.761. The number of nitrogens with one attached hydrogen (secondary N) is 3. The van der Waals surface area contributed by atoms with Gasteiger partial charge in [-0.15, -0.1) is 0 Å². The molecule has 0 fully saturated rings. The van der Waals surface area contributed by atoms with Crippen molar-refractivity contribution in [3.05, 3.63) is 80.5 Å². The van der Waals surface area contributed by atoms with Crippen LogP contribution in [0.2, 0.25) is 0 Å². The number of aromatic nitrogens is 3. The third-order valence-electron chi connectivity index (χ3n) is 3.54. The zero-order chi connectivity index (χ0) is 17.8. The zero-order valence-corrected chi connectivity index (χ0v) is 12.9. The second kappa shape index (κ2) is 6.83. The van der Waals surface area contributed by atoms with Gasteiger partial charge in [0.1, 0.15) is 11.3 Å². The molecule has 2 aromatic heterocycles. The van der Waals surface area contributed by atoms with E-state index in [2.05, 4.69) is 20.5 Å². The van der Waals surface area contributed by atoms with E-state index in [-0.39, 0.29) is 34.5 Å². The fourth-order valence-corrected chi connectivity index (χ4v) is 2.22. The van der Waals surface area contributed by atoms with Gasteiger partial charge in [0.2, 0.25) is 0 Å². The first-order chi connectivity index (χ1) is 12.0. The van der Waals surface area contributed by atoms with Crippen molar-refractivity contribution in [2.75, 3.05) is 0 Å². The van der Waals surface area contributed by atoms with Gasteiger partial charge < -0.3 is 15.4 Å². The van der Waals surface area contributed by atoms with Crippen molar-refractivity contribution in [2.45, 2.75) is 6.54 Å². The molecule has 0 aliphatic heterocycles. The molecule has 1 amide bonds. The van der Waals surface area contributed by atoms with E-state index in [0.29, 0.717) is 0 Å². The second-order valence-electron chi connectivity index (χ2n) is 5.27. The first-order valence-electron chi connectivity index (χ1n) is 7.38. The Morgan fingerprint density at radius 1 is 1.16 bits per heavy atom. The molecule has 0 bridgehead atoms. The van der Waals surface area contributed by atoms with E-state index < -0.39 is 11.5 Å². The second-order valence-corrected chi connectivity index (χ2v) is 5.27. The van der Waals surface area contributed by atoms with Gasteiger partial charge in [0.25, 0.3) is 11.5 Å². The third kappa shape index (κ3) is 3.63. The van der Waals surface area contributed by atoms with Gasteiger partial charge in [-0.05, 0) is 23.8 Å². The van der Waals surface area contributed by atoms with Gasteiger partial charge in [0.15, 0.2) is 5.43 Å². The Labute approximate surface area is 141 Å². The molecule has 8 heteroatoms. The highest BCUT2D eigenvalue weighted by Gasteiger charge is 2.14. The molecule has 1 aromatic carbocycles. The minimum atomic E-state index is -0.653. The summed E-state index contributed by atoms with van der Waals surface area (Å²) in [5.74, 6) is -0.469. The number of nitrogens with zero attached hydrogens (tertiary/aromatic N) is 1. The summed E-state index contributed by atoms with van der Waals surface area (Å²) >= 11 is 0. The van der Waals surface area contributed by atoms with Crippen LogP contribution in [-0.4, -0.2) is 26.2 Å². The number of phenols is 1. The Hall–Kier alpha value is -3.68. The predicted molar refractivity (Wildman–Crippen MR) is 90.2 cm³/mol. The van der Waals surface area contributed by atoms with Gasteiger partial charge in [0.05, 0.1) is 11.3 Å². The number of rotatable bonds is 4. The van der Waals surface area contributed by atoms with Crippen molar-refractivity contribution in [1.82, 2.24) is 20.5 Å². The first-order valence-corrected chi connectivity index (χ1v) is 7.38. The minimum Gasteiger partial charge on any atom is -0.508 e. The lowest BCUT2D eigenvalue weighted by atomic mass is 10.1. The molecule has 0 unspecified atom stereocenters. The van der Waals surface area contributed by atoms with Crippen molar-refractivity contribution in [3.8, 4) is 17.0 Å². The number of aromatic hydroxyl groups is 1. The minimum absolute atomic E-state index is 0.123. The molecule has 3 rings (SSSR count). The maximum Gasteiger partial charge on any atom is 0.277 e. The normalized spacial score (nSPS) is 10.4. The maximum absolute atomic E-state index is 12.3. The Morgan fingerprint density at radius 3 is 2.64 bits per heavy atom.